The Balaban J connectivity index is 2.14. The Kier molecular flexibility index (Phi) is 4.39. The first kappa shape index (κ1) is 14.5. The molecule has 1 amide bonds. The van der Waals surface area contributed by atoms with E-state index in [1.807, 2.05) is 0 Å². The molecule has 2 N–H and O–H groups in total. The molecular formula is C13H12BrNO5. The molecule has 0 saturated carbocycles. The van der Waals surface area contributed by atoms with Crippen LogP contribution in [0.2, 0.25) is 0 Å². The lowest BCUT2D eigenvalue weighted by atomic mass is 10.0. The van der Waals surface area contributed by atoms with Gasteiger partial charge in [0.05, 0.1) is 5.69 Å². The van der Waals surface area contributed by atoms with Crippen molar-refractivity contribution >= 4 is 39.3 Å². The Labute approximate surface area is 123 Å². The van der Waals surface area contributed by atoms with Gasteiger partial charge in [0.2, 0.25) is 0 Å². The number of ether oxygens (including phenoxy) is 1. The molecule has 0 fully saturated rings. The number of hydrogen-bond donors (Lipinski definition) is 2. The van der Waals surface area contributed by atoms with Gasteiger partial charge in [-0.05, 0) is 34.5 Å². The van der Waals surface area contributed by atoms with E-state index in [1.54, 1.807) is 12.1 Å². The molecule has 6 nitrogen and oxygen atoms in total. The molecule has 0 spiro atoms. The van der Waals surface area contributed by atoms with E-state index in [4.69, 9.17) is 9.84 Å². The minimum atomic E-state index is -0.923. The first-order valence-electron chi connectivity index (χ1n) is 5.98. The summed E-state index contributed by atoms with van der Waals surface area (Å²) >= 11 is 3.27. The monoisotopic (exact) mass is 341 g/mol. The molecule has 1 heterocycles. The molecule has 0 aliphatic carbocycles. The SMILES string of the molecule is O=C(O)CCCC(=O)c1cc2c(cc1Br)NC(=O)CO2. The minimum absolute atomic E-state index is 0.0408. The normalized spacial score (nSPS) is 13.2. The van der Waals surface area contributed by atoms with Gasteiger partial charge in [-0.2, -0.15) is 0 Å². The van der Waals surface area contributed by atoms with Gasteiger partial charge in [0.1, 0.15) is 5.75 Å². The summed E-state index contributed by atoms with van der Waals surface area (Å²) in [7, 11) is 0. The van der Waals surface area contributed by atoms with E-state index in [-0.39, 0.29) is 37.6 Å². The number of carboxylic acids is 1. The zero-order chi connectivity index (χ0) is 14.7. The summed E-state index contributed by atoms with van der Waals surface area (Å²) in [5, 5.41) is 11.2. The van der Waals surface area contributed by atoms with Crippen molar-refractivity contribution in [2.75, 3.05) is 11.9 Å². The number of aliphatic carboxylic acids is 1. The first-order valence-corrected chi connectivity index (χ1v) is 6.78. The molecule has 0 aromatic heterocycles. The molecule has 106 valence electrons. The first-order chi connectivity index (χ1) is 9.47. The van der Waals surface area contributed by atoms with Crippen LogP contribution in [0.3, 0.4) is 0 Å². The van der Waals surface area contributed by atoms with Crippen LogP contribution < -0.4 is 10.1 Å². The summed E-state index contributed by atoms with van der Waals surface area (Å²) in [6.07, 6.45) is 0.395. The molecule has 1 aromatic rings. The number of carbonyl (C=O) groups is 3. The minimum Gasteiger partial charge on any atom is -0.482 e. The maximum atomic E-state index is 12.0. The highest BCUT2D eigenvalue weighted by atomic mass is 79.9. The van der Waals surface area contributed by atoms with Crippen molar-refractivity contribution in [1.82, 2.24) is 0 Å². The smallest absolute Gasteiger partial charge is 0.303 e. The maximum Gasteiger partial charge on any atom is 0.303 e. The third kappa shape index (κ3) is 3.36. The van der Waals surface area contributed by atoms with Gasteiger partial charge >= 0.3 is 5.97 Å². The van der Waals surface area contributed by atoms with Crippen LogP contribution in [0, 0.1) is 0 Å². The number of amides is 1. The van der Waals surface area contributed by atoms with Crippen molar-refractivity contribution in [2.45, 2.75) is 19.3 Å². The Bertz CT molecular complexity index is 584. The molecule has 20 heavy (non-hydrogen) atoms. The molecule has 7 heteroatoms. The zero-order valence-electron chi connectivity index (χ0n) is 10.4. The number of ketones is 1. The second-order valence-corrected chi connectivity index (χ2v) is 5.19. The van der Waals surface area contributed by atoms with Crippen LogP contribution in [-0.2, 0) is 9.59 Å². The van der Waals surface area contributed by atoms with Crippen LogP contribution in [0.4, 0.5) is 5.69 Å². The van der Waals surface area contributed by atoms with Gasteiger partial charge in [-0.1, -0.05) is 0 Å². The molecule has 0 saturated heterocycles. The van der Waals surface area contributed by atoms with E-state index < -0.39 is 5.97 Å². The fraction of sp³-hybridized carbons (Fsp3) is 0.308. The van der Waals surface area contributed by atoms with Crippen molar-refractivity contribution in [1.29, 1.82) is 0 Å². The number of carbonyl (C=O) groups excluding carboxylic acids is 2. The molecule has 1 aromatic carbocycles. The predicted molar refractivity (Wildman–Crippen MR) is 74.1 cm³/mol. The van der Waals surface area contributed by atoms with Crippen molar-refractivity contribution in [2.24, 2.45) is 0 Å². The van der Waals surface area contributed by atoms with Gasteiger partial charge in [0.25, 0.3) is 5.91 Å². The number of carboxylic acid groups (broad SMARTS) is 1. The average molecular weight is 342 g/mol. The van der Waals surface area contributed by atoms with E-state index in [9.17, 15) is 14.4 Å². The molecule has 0 unspecified atom stereocenters. The average Bonchev–Trinajstić information content (AvgIpc) is 2.37. The Morgan fingerprint density at radius 3 is 2.80 bits per heavy atom. The number of halogens is 1. The quantitative estimate of drug-likeness (QED) is 0.801. The van der Waals surface area contributed by atoms with Crippen LogP contribution in [0.5, 0.6) is 5.75 Å². The standard InChI is InChI=1S/C13H12BrNO5/c14-8-5-9-11(20-6-12(17)15-9)4-7(8)10(16)2-1-3-13(18)19/h4-5H,1-3,6H2,(H,15,17)(H,18,19). The second kappa shape index (κ2) is 6.04. The van der Waals surface area contributed by atoms with Crippen LogP contribution in [0.25, 0.3) is 0 Å². The lowest BCUT2D eigenvalue weighted by molar-refractivity contribution is -0.137. The second-order valence-electron chi connectivity index (χ2n) is 4.34. The van der Waals surface area contributed by atoms with Crippen molar-refractivity contribution in [3.63, 3.8) is 0 Å². The van der Waals surface area contributed by atoms with Crippen LogP contribution in [0.15, 0.2) is 16.6 Å². The zero-order valence-corrected chi connectivity index (χ0v) is 12.0. The van der Waals surface area contributed by atoms with Gasteiger partial charge in [-0.25, -0.2) is 0 Å². The van der Waals surface area contributed by atoms with E-state index in [0.29, 0.717) is 21.5 Å². The molecule has 0 atom stereocenters. The van der Waals surface area contributed by atoms with Crippen LogP contribution >= 0.6 is 15.9 Å². The topological polar surface area (TPSA) is 92.7 Å². The number of rotatable bonds is 5. The van der Waals surface area contributed by atoms with Gasteiger partial charge in [0.15, 0.2) is 12.4 Å². The Morgan fingerprint density at radius 2 is 2.10 bits per heavy atom. The Hall–Kier alpha value is -1.89. The predicted octanol–water partition coefficient (Wildman–Crippen LogP) is 2.22. The highest BCUT2D eigenvalue weighted by Gasteiger charge is 2.20. The van der Waals surface area contributed by atoms with Crippen LogP contribution in [0.1, 0.15) is 29.6 Å². The summed E-state index contributed by atoms with van der Waals surface area (Å²) in [6.45, 7) is -0.0821. The fourth-order valence-electron chi connectivity index (χ4n) is 1.85. The van der Waals surface area contributed by atoms with Crippen molar-refractivity contribution in [3.05, 3.63) is 22.2 Å². The molecule has 1 aliphatic heterocycles. The van der Waals surface area contributed by atoms with Crippen molar-refractivity contribution < 1.29 is 24.2 Å². The third-order valence-electron chi connectivity index (χ3n) is 2.80. The highest BCUT2D eigenvalue weighted by Crippen LogP contribution is 2.34. The highest BCUT2D eigenvalue weighted by molar-refractivity contribution is 9.10. The fourth-order valence-corrected chi connectivity index (χ4v) is 2.41. The third-order valence-corrected chi connectivity index (χ3v) is 3.45. The van der Waals surface area contributed by atoms with E-state index in [0.717, 1.165) is 0 Å². The summed E-state index contributed by atoms with van der Waals surface area (Å²) < 4.78 is 5.79. The summed E-state index contributed by atoms with van der Waals surface area (Å²) in [5.41, 5.74) is 0.931. The molecule has 2 rings (SSSR count). The lowest BCUT2D eigenvalue weighted by Gasteiger charge is -2.19. The number of anilines is 1. The summed E-state index contributed by atoms with van der Waals surface area (Å²) in [6, 6.07) is 3.17. The largest absolute Gasteiger partial charge is 0.482 e. The van der Waals surface area contributed by atoms with E-state index in [2.05, 4.69) is 21.2 Å². The number of Topliss-reactive ketones (excluding diaryl/α,β-unsaturated/α-hetero) is 1. The summed E-state index contributed by atoms with van der Waals surface area (Å²) in [4.78, 5) is 33.6. The Morgan fingerprint density at radius 1 is 1.35 bits per heavy atom. The van der Waals surface area contributed by atoms with E-state index in [1.165, 1.54) is 0 Å². The lowest BCUT2D eigenvalue weighted by Crippen LogP contribution is -2.25. The van der Waals surface area contributed by atoms with Gasteiger partial charge in [0, 0.05) is 22.9 Å². The molecular weight excluding hydrogens is 330 g/mol. The number of benzene rings is 1. The number of fused-ring (bicyclic) bond motifs is 1. The number of hydrogen-bond acceptors (Lipinski definition) is 4. The van der Waals surface area contributed by atoms with Gasteiger partial charge < -0.3 is 15.2 Å². The van der Waals surface area contributed by atoms with Gasteiger partial charge in [-0.3, -0.25) is 14.4 Å². The van der Waals surface area contributed by atoms with E-state index >= 15 is 0 Å². The van der Waals surface area contributed by atoms with Crippen molar-refractivity contribution in [3.8, 4) is 5.75 Å². The van der Waals surface area contributed by atoms with Crippen LogP contribution in [-0.4, -0.2) is 29.4 Å². The molecule has 1 aliphatic rings. The molecule has 0 radical (unpaired) electrons. The maximum absolute atomic E-state index is 12.0. The molecule has 0 bridgehead atoms. The summed E-state index contributed by atoms with van der Waals surface area (Å²) in [5.74, 6) is -0.894. The van der Waals surface area contributed by atoms with Gasteiger partial charge in [-0.15, -0.1) is 0 Å². The number of nitrogens with one attached hydrogen (secondary N) is 1.